The number of carbonyl (C=O) groups excluding carboxylic acids is 1. The minimum atomic E-state index is -0.901. The van der Waals surface area contributed by atoms with Gasteiger partial charge in [-0.15, -0.1) is 0 Å². The van der Waals surface area contributed by atoms with Gasteiger partial charge in [0, 0.05) is 13.0 Å². The van der Waals surface area contributed by atoms with Crippen LogP contribution in [-0.4, -0.2) is 23.5 Å². The molecular formula is C25H37NO3. The van der Waals surface area contributed by atoms with Gasteiger partial charge in [0.1, 0.15) is 0 Å². The summed E-state index contributed by atoms with van der Waals surface area (Å²) in [5.74, 6) is -1.01. The lowest BCUT2D eigenvalue weighted by Gasteiger charge is -2.00. The SMILES string of the molecule is CCC=CCC=CCC=CCC=CCC=CCC=CCCC(=O)NCCC(=O)O. The van der Waals surface area contributed by atoms with Crippen LogP contribution in [-0.2, 0) is 9.59 Å². The number of allylic oxidation sites excluding steroid dienone is 12. The van der Waals surface area contributed by atoms with Crippen molar-refractivity contribution in [3.63, 3.8) is 0 Å². The molecule has 0 aliphatic carbocycles. The third-order valence-corrected chi connectivity index (χ3v) is 3.80. The zero-order valence-corrected chi connectivity index (χ0v) is 17.8. The number of carboxylic acid groups (broad SMARTS) is 1. The number of hydrogen-bond donors (Lipinski definition) is 2. The summed E-state index contributed by atoms with van der Waals surface area (Å²) in [6.45, 7) is 2.34. The molecule has 0 saturated carbocycles. The van der Waals surface area contributed by atoms with E-state index in [0.717, 1.165) is 38.5 Å². The Morgan fingerprint density at radius 3 is 1.48 bits per heavy atom. The fourth-order valence-electron chi connectivity index (χ4n) is 2.25. The summed E-state index contributed by atoms with van der Waals surface area (Å²) in [6, 6.07) is 0. The van der Waals surface area contributed by atoms with Gasteiger partial charge in [-0.2, -0.15) is 0 Å². The molecule has 0 spiro atoms. The second kappa shape index (κ2) is 21.7. The summed E-state index contributed by atoms with van der Waals surface area (Å²) < 4.78 is 0. The Balaban J connectivity index is 3.57. The molecule has 0 aromatic rings. The first-order chi connectivity index (χ1) is 14.2. The molecule has 0 saturated heterocycles. The highest BCUT2D eigenvalue weighted by atomic mass is 16.4. The van der Waals surface area contributed by atoms with Crippen molar-refractivity contribution in [2.24, 2.45) is 0 Å². The highest BCUT2D eigenvalue weighted by Gasteiger charge is 2.00. The Labute approximate surface area is 176 Å². The minimum absolute atomic E-state index is 0.0361. The molecule has 0 fully saturated rings. The van der Waals surface area contributed by atoms with Crippen LogP contribution < -0.4 is 5.32 Å². The highest BCUT2D eigenvalue weighted by Crippen LogP contribution is 1.97. The molecule has 0 aliphatic rings. The Kier molecular flexibility index (Phi) is 19.7. The number of rotatable bonds is 17. The Morgan fingerprint density at radius 1 is 0.655 bits per heavy atom. The molecule has 0 aromatic carbocycles. The summed E-state index contributed by atoms with van der Waals surface area (Å²) in [4.78, 5) is 21.8. The topological polar surface area (TPSA) is 66.4 Å². The second-order valence-corrected chi connectivity index (χ2v) is 6.45. The van der Waals surface area contributed by atoms with Crippen molar-refractivity contribution in [3.05, 3.63) is 72.9 Å². The van der Waals surface area contributed by atoms with Gasteiger partial charge in [-0.25, -0.2) is 0 Å². The fourth-order valence-corrected chi connectivity index (χ4v) is 2.25. The number of carbonyl (C=O) groups is 2. The van der Waals surface area contributed by atoms with Gasteiger partial charge in [-0.1, -0.05) is 79.8 Å². The molecule has 0 bridgehead atoms. The van der Waals surface area contributed by atoms with E-state index in [9.17, 15) is 9.59 Å². The van der Waals surface area contributed by atoms with Crippen LogP contribution in [0.5, 0.6) is 0 Å². The van der Waals surface area contributed by atoms with Crippen molar-refractivity contribution >= 4 is 11.9 Å². The Bertz CT molecular complexity index is 595. The predicted octanol–water partition coefficient (Wildman–Crippen LogP) is 6.06. The van der Waals surface area contributed by atoms with E-state index in [2.05, 4.69) is 73.0 Å². The van der Waals surface area contributed by atoms with Gasteiger partial charge in [0.2, 0.25) is 5.91 Å². The van der Waals surface area contributed by atoms with Gasteiger partial charge in [0.15, 0.2) is 0 Å². The maximum atomic E-state index is 11.4. The Morgan fingerprint density at radius 2 is 1.07 bits per heavy atom. The third-order valence-electron chi connectivity index (χ3n) is 3.80. The van der Waals surface area contributed by atoms with E-state index in [4.69, 9.17) is 5.11 Å². The molecule has 0 aliphatic heterocycles. The molecule has 4 heteroatoms. The smallest absolute Gasteiger partial charge is 0.305 e. The number of amides is 1. The zero-order valence-electron chi connectivity index (χ0n) is 17.8. The van der Waals surface area contributed by atoms with E-state index >= 15 is 0 Å². The molecule has 2 N–H and O–H groups in total. The van der Waals surface area contributed by atoms with Gasteiger partial charge < -0.3 is 10.4 Å². The lowest BCUT2D eigenvalue weighted by atomic mass is 10.2. The van der Waals surface area contributed by atoms with Crippen molar-refractivity contribution in [2.45, 2.75) is 64.7 Å². The molecule has 29 heavy (non-hydrogen) atoms. The van der Waals surface area contributed by atoms with Gasteiger partial charge in [-0.3, -0.25) is 9.59 Å². The van der Waals surface area contributed by atoms with Crippen molar-refractivity contribution in [1.29, 1.82) is 0 Å². The van der Waals surface area contributed by atoms with Crippen molar-refractivity contribution in [2.75, 3.05) is 6.54 Å². The molecule has 0 radical (unpaired) electrons. The van der Waals surface area contributed by atoms with Crippen LogP contribution in [0.25, 0.3) is 0 Å². The van der Waals surface area contributed by atoms with Gasteiger partial charge >= 0.3 is 5.97 Å². The minimum Gasteiger partial charge on any atom is -0.481 e. The van der Waals surface area contributed by atoms with Gasteiger partial charge in [-0.05, 0) is 44.9 Å². The summed E-state index contributed by atoms with van der Waals surface area (Å²) in [7, 11) is 0. The average molecular weight is 400 g/mol. The summed E-state index contributed by atoms with van der Waals surface area (Å²) in [5, 5.41) is 11.1. The summed E-state index contributed by atoms with van der Waals surface area (Å²) in [5.41, 5.74) is 0. The largest absolute Gasteiger partial charge is 0.481 e. The Hall–Kier alpha value is -2.62. The number of aliphatic carboxylic acids is 1. The van der Waals surface area contributed by atoms with Crippen LogP contribution in [0.4, 0.5) is 0 Å². The fraction of sp³-hybridized carbons (Fsp3) is 0.440. The first-order valence-electron chi connectivity index (χ1n) is 10.5. The first kappa shape index (κ1) is 26.4. The highest BCUT2D eigenvalue weighted by molar-refractivity contribution is 5.76. The molecule has 160 valence electrons. The van der Waals surface area contributed by atoms with E-state index < -0.39 is 5.97 Å². The lowest BCUT2D eigenvalue weighted by molar-refractivity contribution is -0.136. The van der Waals surface area contributed by atoms with Crippen molar-refractivity contribution in [3.8, 4) is 0 Å². The number of hydrogen-bond acceptors (Lipinski definition) is 2. The van der Waals surface area contributed by atoms with Crippen molar-refractivity contribution < 1.29 is 14.7 Å². The van der Waals surface area contributed by atoms with Crippen LogP contribution in [0.15, 0.2) is 72.9 Å². The maximum Gasteiger partial charge on any atom is 0.305 e. The normalized spacial score (nSPS) is 12.6. The predicted molar refractivity (Wildman–Crippen MR) is 123 cm³/mol. The van der Waals surface area contributed by atoms with E-state index in [1.807, 2.05) is 12.2 Å². The maximum absolute atomic E-state index is 11.4. The number of carboxylic acids is 1. The van der Waals surface area contributed by atoms with Crippen LogP contribution >= 0.6 is 0 Å². The molecule has 0 aromatic heterocycles. The van der Waals surface area contributed by atoms with E-state index in [-0.39, 0.29) is 18.9 Å². The molecule has 0 rings (SSSR count). The average Bonchev–Trinajstić information content (AvgIpc) is 2.69. The van der Waals surface area contributed by atoms with Crippen LogP contribution in [0, 0.1) is 0 Å². The quantitative estimate of drug-likeness (QED) is 0.292. The third kappa shape index (κ3) is 23.3. The first-order valence-corrected chi connectivity index (χ1v) is 10.5. The molecule has 0 unspecified atom stereocenters. The van der Waals surface area contributed by atoms with E-state index in [1.165, 1.54) is 0 Å². The lowest BCUT2D eigenvalue weighted by Crippen LogP contribution is -2.25. The molecular weight excluding hydrogens is 362 g/mol. The number of nitrogens with one attached hydrogen (secondary N) is 1. The molecule has 4 nitrogen and oxygen atoms in total. The van der Waals surface area contributed by atoms with Gasteiger partial charge in [0.05, 0.1) is 6.42 Å². The second-order valence-electron chi connectivity index (χ2n) is 6.45. The standard InChI is InChI=1S/C25H37NO3/c1-2-3-4-5-6-7-8-9-10-11-12-13-14-15-16-17-18-19-20-21-24(27)26-23-22-25(28)29/h3-4,6-7,9-10,12-13,15-16,18-19H,2,5,8,11,14,17,20-23H2,1H3,(H,26,27)(H,28,29). The summed E-state index contributed by atoms with van der Waals surface area (Å²) >= 11 is 0. The monoisotopic (exact) mass is 399 g/mol. The molecule has 1 amide bonds. The summed E-state index contributed by atoms with van der Waals surface area (Å²) in [6.07, 6.45) is 32.6. The van der Waals surface area contributed by atoms with Crippen LogP contribution in [0.1, 0.15) is 64.7 Å². The van der Waals surface area contributed by atoms with E-state index in [0.29, 0.717) is 12.8 Å². The molecule has 0 heterocycles. The van der Waals surface area contributed by atoms with Crippen LogP contribution in [0.2, 0.25) is 0 Å². The zero-order chi connectivity index (χ0) is 21.4. The van der Waals surface area contributed by atoms with Crippen molar-refractivity contribution in [1.82, 2.24) is 5.32 Å². The van der Waals surface area contributed by atoms with Gasteiger partial charge in [0.25, 0.3) is 0 Å². The molecule has 0 atom stereocenters. The van der Waals surface area contributed by atoms with E-state index in [1.54, 1.807) is 0 Å². The van der Waals surface area contributed by atoms with Crippen LogP contribution in [0.3, 0.4) is 0 Å².